The summed E-state index contributed by atoms with van der Waals surface area (Å²) in [7, 11) is 0. The minimum atomic E-state index is -0.797. The van der Waals surface area contributed by atoms with Gasteiger partial charge in [0.25, 0.3) is 0 Å². The zero-order chi connectivity index (χ0) is 15.0. The van der Waals surface area contributed by atoms with Crippen molar-refractivity contribution in [3.8, 4) is 0 Å². The molecule has 2 heterocycles. The van der Waals surface area contributed by atoms with Gasteiger partial charge in [-0.1, -0.05) is 13.8 Å². The van der Waals surface area contributed by atoms with E-state index in [9.17, 15) is 9.59 Å². The van der Waals surface area contributed by atoms with Crippen LogP contribution in [-0.2, 0) is 14.3 Å². The summed E-state index contributed by atoms with van der Waals surface area (Å²) in [6.45, 7) is 8.07. The predicted molar refractivity (Wildman–Crippen MR) is 76.8 cm³/mol. The Balaban J connectivity index is 0.000000217. The summed E-state index contributed by atoms with van der Waals surface area (Å²) in [6, 6.07) is 0. The van der Waals surface area contributed by atoms with Crippen LogP contribution >= 0.6 is 0 Å². The number of hydrogen-bond acceptors (Lipinski definition) is 5. The monoisotopic (exact) mass is 283 g/mol. The Labute approximate surface area is 120 Å². The van der Waals surface area contributed by atoms with Crippen molar-refractivity contribution in [2.24, 2.45) is 11.1 Å². The molecule has 1 amide bonds. The van der Waals surface area contributed by atoms with Gasteiger partial charge in [0.15, 0.2) is 5.78 Å². The van der Waals surface area contributed by atoms with E-state index in [1.54, 1.807) is 0 Å². The summed E-state index contributed by atoms with van der Waals surface area (Å²) in [4.78, 5) is 25.0. The largest absolute Gasteiger partial charge is 0.379 e. The second kappa shape index (κ2) is 8.14. The Morgan fingerprint density at radius 2 is 1.90 bits per heavy atom. The van der Waals surface area contributed by atoms with Gasteiger partial charge >= 0.3 is 0 Å². The molecular weight excluding hydrogens is 258 g/mol. The van der Waals surface area contributed by atoms with Gasteiger partial charge in [-0.15, -0.1) is 0 Å². The molecular formula is C14H25N3O3. The lowest BCUT2D eigenvalue weighted by Crippen LogP contribution is -2.46. The standard InChI is InChI=1S/C9H13NO2.C5H12N2O/c1-3-9(4-2)7(11)5-6-10-8(9)12;6-5-7-1-3-8-4-2-7/h5-6H,3-4H2,1-2H3,(H,10,12);1-6H2. The van der Waals surface area contributed by atoms with Crippen molar-refractivity contribution in [3.05, 3.63) is 12.3 Å². The normalized spacial score (nSPS) is 21.9. The van der Waals surface area contributed by atoms with E-state index in [0.29, 0.717) is 19.5 Å². The molecule has 6 nitrogen and oxygen atoms in total. The number of carbonyl (C=O) groups is 2. The molecule has 0 radical (unpaired) electrons. The average molecular weight is 283 g/mol. The highest BCUT2D eigenvalue weighted by Gasteiger charge is 2.42. The Morgan fingerprint density at radius 1 is 1.30 bits per heavy atom. The molecule has 3 N–H and O–H groups in total. The molecule has 20 heavy (non-hydrogen) atoms. The van der Waals surface area contributed by atoms with E-state index in [1.165, 1.54) is 12.3 Å². The number of ether oxygens (including phenoxy) is 1. The Hall–Kier alpha value is -1.24. The smallest absolute Gasteiger partial charge is 0.237 e. The summed E-state index contributed by atoms with van der Waals surface area (Å²) in [5, 5.41) is 2.56. The molecule has 114 valence electrons. The molecule has 1 fully saturated rings. The van der Waals surface area contributed by atoms with Crippen LogP contribution in [0.3, 0.4) is 0 Å². The zero-order valence-corrected chi connectivity index (χ0v) is 12.4. The van der Waals surface area contributed by atoms with Crippen molar-refractivity contribution in [2.45, 2.75) is 26.7 Å². The number of morpholine rings is 1. The molecule has 0 atom stereocenters. The maximum Gasteiger partial charge on any atom is 0.237 e. The van der Waals surface area contributed by atoms with Gasteiger partial charge in [0.1, 0.15) is 5.41 Å². The molecule has 2 rings (SSSR count). The van der Waals surface area contributed by atoms with Crippen molar-refractivity contribution >= 4 is 11.7 Å². The molecule has 2 aliphatic heterocycles. The topological polar surface area (TPSA) is 84.7 Å². The number of ketones is 1. The Bertz CT molecular complexity index is 359. The highest BCUT2D eigenvalue weighted by Crippen LogP contribution is 2.30. The van der Waals surface area contributed by atoms with Gasteiger partial charge in [-0.2, -0.15) is 0 Å². The number of amides is 1. The summed E-state index contributed by atoms with van der Waals surface area (Å²) in [5.41, 5.74) is 4.58. The highest BCUT2D eigenvalue weighted by molar-refractivity contribution is 6.13. The first-order valence-corrected chi connectivity index (χ1v) is 7.12. The fraction of sp³-hybridized carbons (Fsp3) is 0.714. The third kappa shape index (κ3) is 3.88. The number of carbonyl (C=O) groups excluding carboxylic acids is 2. The van der Waals surface area contributed by atoms with E-state index >= 15 is 0 Å². The number of hydrogen-bond donors (Lipinski definition) is 2. The van der Waals surface area contributed by atoms with Crippen molar-refractivity contribution in [1.82, 2.24) is 10.2 Å². The average Bonchev–Trinajstić information content (AvgIpc) is 2.50. The van der Waals surface area contributed by atoms with Crippen molar-refractivity contribution in [1.29, 1.82) is 0 Å². The zero-order valence-electron chi connectivity index (χ0n) is 12.4. The van der Waals surface area contributed by atoms with E-state index < -0.39 is 5.41 Å². The van der Waals surface area contributed by atoms with Gasteiger partial charge in [0, 0.05) is 26.0 Å². The first kappa shape index (κ1) is 16.8. The van der Waals surface area contributed by atoms with Crippen LogP contribution in [0.25, 0.3) is 0 Å². The van der Waals surface area contributed by atoms with Gasteiger partial charge in [-0.3, -0.25) is 14.5 Å². The summed E-state index contributed by atoms with van der Waals surface area (Å²) in [6.07, 6.45) is 3.99. The van der Waals surface area contributed by atoms with Crippen LogP contribution in [0.1, 0.15) is 26.7 Å². The number of nitrogens with one attached hydrogen (secondary N) is 1. The Kier molecular flexibility index (Phi) is 6.84. The van der Waals surface area contributed by atoms with Gasteiger partial charge in [0.2, 0.25) is 5.91 Å². The molecule has 0 bridgehead atoms. The van der Waals surface area contributed by atoms with Crippen LogP contribution in [0.15, 0.2) is 12.3 Å². The van der Waals surface area contributed by atoms with E-state index in [4.69, 9.17) is 10.5 Å². The van der Waals surface area contributed by atoms with E-state index in [-0.39, 0.29) is 11.7 Å². The van der Waals surface area contributed by atoms with Crippen LogP contribution in [-0.4, -0.2) is 49.6 Å². The lowest BCUT2D eigenvalue weighted by molar-refractivity contribution is -0.140. The van der Waals surface area contributed by atoms with Crippen molar-refractivity contribution in [2.75, 3.05) is 33.0 Å². The lowest BCUT2D eigenvalue weighted by Gasteiger charge is -2.29. The van der Waals surface area contributed by atoms with Crippen LogP contribution in [0, 0.1) is 5.41 Å². The summed E-state index contributed by atoms with van der Waals surface area (Å²) in [5.74, 6) is -0.240. The first-order valence-electron chi connectivity index (χ1n) is 7.12. The van der Waals surface area contributed by atoms with Gasteiger partial charge in [-0.25, -0.2) is 0 Å². The fourth-order valence-electron chi connectivity index (χ4n) is 2.31. The SMILES string of the molecule is CCC1(CC)C(=O)C=CNC1=O.NCN1CCOCC1. The number of rotatable bonds is 3. The first-order chi connectivity index (χ1) is 9.60. The molecule has 0 aromatic carbocycles. The van der Waals surface area contributed by atoms with E-state index in [1.807, 2.05) is 13.8 Å². The number of allylic oxidation sites excluding steroid dienone is 1. The molecule has 0 aliphatic carbocycles. The maximum absolute atomic E-state index is 11.4. The number of nitrogens with two attached hydrogens (primary N) is 1. The molecule has 0 aromatic rings. The molecule has 0 aromatic heterocycles. The van der Waals surface area contributed by atoms with Gasteiger partial charge in [0.05, 0.1) is 13.2 Å². The Morgan fingerprint density at radius 3 is 2.25 bits per heavy atom. The molecule has 6 heteroatoms. The molecule has 2 aliphatic rings. The van der Waals surface area contributed by atoms with Crippen LogP contribution in [0.2, 0.25) is 0 Å². The fourth-order valence-corrected chi connectivity index (χ4v) is 2.31. The molecule has 0 saturated carbocycles. The van der Waals surface area contributed by atoms with Crippen molar-refractivity contribution < 1.29 is 14.3 Å². The molecule has 0 spiro atoms. The minimum Gasteiger partial charge on any atom is -0.379 e. The molecule has 0 unspecified atom stereocenters. The predicted octanol–water partition coefficient (Wildman–Crippen LogP) is 0.240. The second-order valence-electron chi connectivity index (χ2n) is 4.87. The van der Waals surface area contributed by atoms with Gasteiger partial charge < -0.3 is 15.8 Å². The quantitative estimate of drug-likeness (QED) is 0.725. The summed E-state index contributed by atoms with van der Waals surface area (Å²) >= 11 is 0. The van der Waals surface area contributed by atoms with Crippen LogP contribution < -0.4 is 11.1 Å². The second-order valence-corrected chi connectivity index (χ2v) is 4.87. The van der Waals surface area contributed by atoms with Gasteiger partial charge in [-0.05, 0) is 18.9 Å². The third-order valence-electron chi connectivity index (χ3n) is 3.92. The highest BCUT2D eigenvalue weighted by atomic mass is 16.5. The van der Waals surface area contributed by atoms with E-state index in [2.05, 4.69) is 10.2 Å². The van der Waals surface area contributed by atoms with Crippen LogP contribution in [0.4, 0.5) is 0 Å². The minimum absolute atomic E-state index is 0.0729. The number of nitrogens with zero attached hydrogens (tertiary/aromatic N) is 1. The van der Waals surface area contributed by atoms with Crippen molar-refractivity contribution in [3.63, 3.8) is 0 Å². The molecule has 1 saturated heterocycles. The summed E-state index contributed by atoms with van der Waals surface area (Å²) < 4.78 is 5.10. The lowest BCUT2D eigenvalue weighted by atomic mass is 9.76. The van der Waals surface area contributed by atoms with Crippen LogP contribution in [0.5, 0.6) is 0 Å². The maximum atomic E-state index is 11.4. The third-order valence-corrected chi connectivity index (χ3v) is 3.92. The van der Waals surface area contributed by atoms with E-state index in [0.717, 1.165) is 26.3 Å².